The van der Waals surface area contributed by atoms with Gasteiger partial charge in [-0.05, 0) is 12.8 Å². The minimum atomic E-state index is -0.618. The minimum absolute atomic E-state index is 0.0815. The monoisotopic (exact) mass is 183 g/mol. The van der Waals surface area contributed by atoms with Gasteiger partial charge >= 0.3 is 5.97 Å². The minimum Gasteiger partial charge on any atom is -0.481 e. The molecule has 1 saturated carbocycles. The molecule has 3 nitrogen and oxygen atoms in total. The van der Waals surface area contributed by atoms with E-state index in [1.807, 2.05) is 0 Å². The van der Waals surface area contributed by atoms with E-state index in [0.29, 0.717) is 6.04 Å². The normalized spacial score (nSPS) is 27.1. The standard InChI is InChI=1S/C10H17NO2/c12-10(13)8-6-11(7-8)9-4-2-1-3-5-9/h8-9H,1-7H2,(H,12,13). The van der Waals surface area contributed by atoms with Crippen molar-refractivity contribution in [1.29, 1.82) is 0 Å². The van der Waals surface area contributed by atoms with Crippen LogP contribution < -0.4 is 0 Å². The summed E-state index contributed by atoms with van der Waals surface area (Å²) in [6.07, 6.45) is 6.60. The molecule has 0 aromatic heterocycles. The summed E-state index contributed by atoms with van der Waals surface area (Å²) in [6, 6.07) is 0.698. The fourth-order valence-corrected chi connectivity index (χ4v) is 2.41. The lowest BCUT2D eigenvalue weighted by atomic mass is 9.89. The van der Waals surface area contributed by atoms with Crippen LogP contribution in [0.5, 0.6) is 0 Å². The van der Waals surface area contributed by atoms with Crippen molar-refractivity contribution in [3.05, 3.63) is 0 Å². The van der Waals surface area contributed by atoms with Crippen molar-refractivity contribution in [2.45, 2.75) is 38.1 Å². The van der Waals surface area contributed by atoms with Gasteiger partial charge in [0.15, 0.2) is 0 Å². The molecule has 2 rings (SSSR count). The van der Waals surface area contributed by atoms with Crippen molar-refractivity contribution in [3.8, 4) is 0 Å². The molecule has 0 aromatic rings. The Morgan fingerprint density at radius 3 is 2.31 bits per heavy atom. The molecule has 1 N–H and O–H groups in total. The summed E-state index contributed by atoms with van der Waals surface area (Å²) in [6.45, 7) is 1.58. The second-order valence-corrected chi connectivity index (χ2v) is 4.28. The zero-order chi connectivity index (χ0) is 9.26. The zero-order valence-corrected chi connectivity index (χ0v) is 7.91. The summed E-state index contributed by atoms with van der Waals surface area (Å²) in [4.78, 5) is 12.9. The second-order valence-electron chi connectivity index (χ2n) is 4.28. The highest BCUT2D eigenvalue weighted by Crippen LogP contribution is 2.28. The van der Waals surface area contributed by atoms with Crippen LogP contribution in [0.25, 0.3) is 0 Å². The first-order valence-corrected chi connectivity index (χ1v) is 5.24. The maximum atomic E-state index is 10.6. The Hall–Kier alpha value is -0.570. The predicted molar refractivity (Wildman–Crippen MR) is 49.6 cm³/mol. The largest absolute Gasteiger partial charge is 0.481 e. The third kappa shape index (κ3) is 1.85. The van der Waals surface area contributed by atoms with Gasteiger partial charge in [-0.2, -0.15) is 0 Å². The fraction of sp³-hybridized carbons (Fsp3) is 0.900. The lowest BCUT2D eigenvalue weighted by Crippen LogP contribution is -2.55. The summed E-state index contributed by atoms with van der Waals surface area (Å²) in [7, 11) is 0. The van der Waals surface area contributed by atoms with Gasteiger partial charge in [0.2, 0.25) is 0 Å². The molecule has 0 bridgehead atoms. The van der Waals surface area contributed by atoms with E-state index in [2.05, 4.69) is 4.90 Å². The Morgan fingerprint density at radius 2 is 1.77 bits per heavy atom. The number of rotatable bonds is 2. The molecule has 2 fully saturated rings. The molecule has 0 radical (unpaired) electrons. The highest BCUT2D eigenvalue weighted by atomic mass is 16.4. The van der Waals surface area contributed by atoms with E-state index in [4.69, 9.17) is 5.11 Å². The summed E-state index contributed by atoms with van der Waals surface area (Å²) in [5, 5.41) is 8.72. The van der Waals surface area contributed by atoms with E-state index in [-0.39, 0.29) is 5.92 Å². The van der Waals surface area contributed by atoms with Gasteiger partial charge in [0.1, 0.15) is 0 Å². The highest BCUT2D eigenvalue weighted by Gasteiger charge is 2.36. The molecule has 13 heavy (non-hydrogen) atoms. The summed E-state index contributed by atoms with van der Waals surface area (Å²) in [5.41, 5.74) is 0. The number of likely N-dealkylation sites (tertiary alicyclic amines) is 1. The van der Waals surface area contributed by atoms with E-state index >= 15 is 0 Å². The van der Waals surface area contributed by atoms with Gasteiger partial charge in [-0.15, -0.1) is 0 Å². The topological polar surface area (TPSA) is 40.5 Å². The predicted octanol–water partition coefficient (Wildman–Crippen LogP) is 1.34. The Bertz CT molecular complexity index is 193. The van der Waals surface area contributed by atoms with Crippen molar-refractivity contribution in [1.82, 2.24) is 4.90 Å². The molecule has 0 spiro atoms. The van der Waals surface area contributed by atoms with Crippen LogP contribution in [0, 0.1) is 5.92 Å². The summed E-state index contributed by atoms with van der Waals surface area (Å²) < 4.78 is 0. The molecule has 74 valence electrons. The van der Waals surface area contributed by atoms with E-state index in [1.165, 1.54) is 32.1 Å². The maximum Gasteiger partial charge on any atom is 0.309 e. The Labute approximate surface area is 78.7 Å². The zero-order valence-electron chi connectivity index (χ0n) is 7.91. The highest BCUT2D eigenvalue weighted by molar-refractivity contribution is 5.71. The molecule has 0 aromatic carbocycles. The molecular weight excluding hydrogens is 166 g/mol. The first-order valence-electron chi connectivity index (χ1n) is 5.24. The SMILES string of the molecule is O=C(O)C1CN(C2CCCCC2)C1. The maximum absolute atomic E-state index is 10.6. The third-order valence-electron chi connectivity index (χ3n) is 3.35. The lowest BCUT2D eigenvalue weighted by Gasteiger charge is -2.43. The number of aliphatic carboxylic acids is 1. The summed E-state index contributed by atoms with van der Waals surface area (Å²) >= 11 is 0. The van der Waals surface area contributed by atoms with Gasteiger partial charge in [-0.1, -0.05) is 19.3 Å². The van der Waals surface area contributed by atoms with Crippen LogP contribution in [0.3, 0.4) is 0 Å². The number of hydrogen-bond acceptors (Lipinski definition) is 2. The van der Waals surface area contributed by atoms with Crippen LogP contribution in [0.2, 0.25) is 0 Å². The van der Waals surface area contributed by atoms with Crippen LogP contribution in [-0.2, 0) is 4.79 Å². The van der Waals surface area contributed by atoms with E-state index in [9.17, 15) is 4.79 Å². The van der Waals surface area contributed by atoms with Crippen molar-refractivity contribution in [2.24, 2.45) is 5.92 Å². The van der Waals surface area contributed by atoms with Gasteiger partial charge in [0, 0.05) is 19.1 Å². The number of nitrogens with zero attached hydrogens (tertiary/aromatic N) is 1. The number of carbonyl (C=O) groups is 1. The quantitative estimate of drug-likeness (QED) is 0.702. The van der Waals surface area contributed by atoms with Crippen molar-refractivity contribution in [3.63, 3.8) is 0 Å². The third-order valence-corrected chi connectivity index (χ3v) is 3.35. The van der Waals surface area contributed by atoms with Gasteiger partial charge < -0.3 is 5.11 Å². The Morgan fingerprint density at radius 1 is 1.15 bits per heavy atom. The number of hydrogen-bond donors (Lipinski definition) is 1. The second kappa shape index (κ2) is 3.66. The van der Waals surface area contributed by atoms with Crippen molar-refractivity contribution in [2.75, 3.05) is 13.1 Å². The van der Waals surface area contributed by atoms with Gasteiger partial charge in [-0.3, -0.25) is 9.69 Å². The fourth-order valence-electron chi connectivity index (χ4n) is 2.41. The van der Waals surface area contributed by atoms with Crippen LogP contribution in [0.4, 0.5) is 0 Å². The average Bonchev–Trinajstić information content (AvgIpc) is 2.02. The molecule has 1 aliphatic carbocycles. The molecule has 0 amide bonds. The average molecular weight is 183 g/mol. The van der Waals surface area contributed by atoms with Gasteiger partial charge in [0.25, 0.3) is 0 Å². The first kappa shape index (κ1) is 9.00. The molecule has 0 unspecified atom stereocenters. The molecule has 1 aliphatic heterocycles. The van der Waals surface area contributed by atoms with Crippen LogP contribution in [-0.4, -0.2) is 35.1 Å². The Balaban J connectivity index is 1.75. The number of carboxylic acids is 1. The van der Waals surface area contributed by atoms with Crippen LogP contribution >= 0.6 is 0 Å². The lowest BCUT2D eigenvalue weighted by molar-refractivity contribution is -0.149. The molecule has 0 atom stereocenters. The number of carboxylic acid groups (broad SMARTS) is 1. The Kier molecular flexibility index (Phi) is 2.54. The molecule has 2 aliphatic rings. The van der Waals surface area contributed by atoms with Crippen LogP contribution in [0.15, 0.2) is 0 Å². The van der Waals surface area contributed by atoms with Crippen molar-refractivity contribution >= 4 is 5.97 Å². The molecular formula is C10H17NO2. The smallest absolute Gasteiger partial charge is 0.309 e. The van der Waals surface area contributed by atoms with E-state index in [1.54, 1.807) is 0 Å². The van der Waals surface area contributed by atoms with Crippen molar-refractivity contribution < 1.29 is 9.90 Å². The molecule has 1 saturated heterocycles. The van der Waals surface area contributed by atoms with Crippen LogP contribution in [0.1, 0.15) is 32.1 Å². The molecule has 3 heteroatoms. The van der Waals surface area contributed by atoms with E-state index in [0.717, 1.165) is 13.1 Å². The molecule has 1 heterocycles. The first-order chi connectivity index (χ1) is 6.27. The van der Waals surface area contributed by atoms with Gasteiger partial charge in [0.05, 0.1) is 5.92 Å². The van der Waals surface area contributed by atoms with E-state index < -0.39 is 5.97 Å². The van der Waals surface area contributed by atoms with Gasteiger partial charge in [-0.25, -0.2) is 0 Å². The summed E-state index contributed by atoms with van der Waals surface area (Å²) in [5.74, 6) is -0.700.